The van der Waals surface area contributed by atoms with Crippen molar-refractivity contribution in [1.82, 2.24) is 0 Å². The third kappa shape index (κ3) is 7.23. The van der Waals surface area contributed by atoms with E-state index in [1.807, 2.05) is 121 Å². The molecule has 1 nitrogen and oxygen atoms in total. The second-order valence-electron chi connectivity index (χ2n) is 14.3. The number of benzene rings is 10. The largest absolute Gasteiger partial charge is 0.311 e. The SMILES string of the molecule is [2H]c1c([2H])c(N(c2ccc(-c3ccc(-c4ccccc4)c(-c4ccccc4)c3)cc2)c2c([2H])c([2H])c(-c3ccc4ccccc4c3-c3ccccc3)c([2H])c2[2H])c([2H])c([2H])c1-c1ccccc1. The monoisotopic (exact) mass is 759 g/mol. The molecule has 0 fully saturated rings. The number of hydrogen-bond donors (Lipinski definition) is 0. The molecule has 0 radical (unpaired) electrons. The minimum Gasteiger partial charge on any atom is -0.311 e. The van der Waals surface area contributed by atoms with Gasteiger partial charge in [-0.1, -0.05) is 206 Å². The van der Waals surface area contributed by atoms with Crippen LogP contribution in [-0.2, 0) is 0 Å². The summed E-state index contributed by atoms with van der Waals surface area (Å²) in [7, 11) is 0. The molecule has 0 spiro atoms. The van der Waals surface area contributed by atoms with Crippen molar-refractivity contribution in [1.29, 1.82) is 0 Å². The average Bonchev–Trinajstić information content (AvgIpc) is 3.38. The molecule has 0 bridgehead atoms. The molecule has 278 valence electrons. The first-order valence-corrected chi connectivity index (χ1v) is 19.6. The van der Waals surface area contributed by atoms with Crippen LogP contribution in [-0.4, -0.2) is 0 Å². The summed E-state index contributed by atoms with van der Waals surface area (Å²) in [6.07, 6.45) is 0. The molecular formula is C58H41N. The standard InChI is InChI=1S/C58H41N/c1-5-15-42(16-6-1)43-25-33-51(34-26-43)59(53-37-29-48(30-38-53)56-40-31-47-21-13-14-24-55(47)58(56)49-22-11-4-12-23-49)52-35-27-44(28-36-52)50-32-39-54(45-17-7-2-8-18-45)57(41-50)46-19-9-3-10-20-46/h1-41H/i25D,26D,29D,30D,33D,34D,37D,38D. The van der Waals surface area contributed by atoms with Crippen molar-refractivity contribution in [3.63, 3.8) is 0 Å². The molecular weight excluding hydrogens is 711 g/mol. The molecule has 0 saturated heterocycles. The smallest absolute Gasteiger partial charge is 0.0645 e. The van der Waals surface area contributed by atoms with E-state index in [-0.39, 0.29) is 46.7 Å². The predicted molar refractivity (Wildman–Crippen MR) is 251 cm³/mol. The molecule has 0 amide bonds. The maximum Gasteiger partial charge on any atom is 0.0645 e. The highest BCUT2D eigenvalue weighted by atomic mass is 15.1. The first kappa shape index (κ1) is 27.8. The van der Waals surface area contributed by atoms with E-state index in [0.29, 0.717) is 16.8 Å². The summed E-state index contributed by atoms with van der Waals surface area (Å²) in [5.41, 5.74) is 8.80. The lowest BCUT2D eigenvalue weighted by Gasteiger charge is -2.26. The summed E-state index contributed by atoms with van der Waals surface area (Å²) in [5, 5.41) is 1.85. The topological polar surface area (TPSA) is 3.24 Å². The third-order valence-electron chi connectivity index (χ3n) is 10.6. The fourth-order valence-corrected chi connectivity index (χ4v) is 7.74. The van der Waals surface area contributed by atoms with Gasteiger partial charge in [0.2, 0.25) is 0 Å². The van der Waals surface area contributed by atoms with Crippen molar-refractivity contribution in [2.75, 3.05) is 4.90 Å². The van der Waals surface area contributed by atoms with Crippen LogP contribution in [0, 0.1) is 0 Å². The number of nitrogens with zero attached hydrogens (tertiary/aromatic N) is 1. The fourth-order valence-electron chi connectivity index (χ4n) is 7.74. The van der Waals surface area contributed by atoms with E-state index in [1.165, 1.54) is 4.90 Å². The lowest BCUT2D eigenvalue weighted by Crippen LogP contribution is -2.09. The molecule has 0 saturated carbocycles. The second-order valence-corrected chi connectivity index (χ2v) is 14.3. The Labute approximate surface area is 358 Å². The number of rotatable bonds is 9. The van der Waals surface area contributed by atoms with Crippen LogP contribution in [0.25, 0.3) is 77.5 Å². The van der Waals surface area contributed by atoms with E-state index < -0.39 is 24.2 Å². The zero-order valence-electron chi connectivity index (χ0n) is 40.0. The quantitative estimate of drug-likeness (QED) is 0.142. The van der Waals surface area contributed by atoms with Gasteiger partial charge in [0.05, 0.1) is 11.0 Å². The Balaban J connectivity index is 1.18. The van der Waals surface area contributed by atoms with Crippen LogP contribution in [0.3, 0.4) is 0 Å². The Hall–Kier alpha value is -7.74. The van der Waals surface area contributed by atoms with Crippen LogP contribution in [0.2, 0.25) is 0 Å². The Kier molecular flexibility index (Phi) is 7.54. The zero-order chi connectivity index (χ0) is 46.3. The first-order valence-electron chi connectivity index (χ1n) is 23.6. The zero-order valence-corrected chi connectivity index (χ0v) is 32.0. The maximum absolute atomic E-state index is 9.74. The average molecular weight is 760 g/mol. The minimum atomic E-state index is -0.403. The molecule has 0 atom stereocenters. The predicted octanol–water partition coefficient (Wildman–Crippen LogP) is 16.3. The summed E-state index contributed by atoms with van der Waals surface area (Å²) in [6, 6.07) is 61.3. The Morgan fingerprint density at radius 1 is 0.271 bits per heavy atom. The molecule has 10 rings (SSSR count). The third-order valence-corrected chi connectivity index (χ3v) is 10.6. The van der Waals surface area contributed by atoms with Gasteiger partial charge < -0.3 is 4.90 Å². The lowest BCUT2D eigenvalue weighted by atomic mass is 9.90. The van der Waals surface area contributed by atoms with E-state index in [1.54, 1.807) is 36.4 Å². The minimum absolute atomic E-state index is 0.103. The first-order chi connectivity index (χ1) is 32.6. The second kappa shape index (κ2) is 16.0. The summed E-state index contributed by atoms with van der Waals surface area (Å²) in [6.45, 7) is 0. The summed E-state index contributed by atoms with van der Waals surface area (Å²) in [5.74, 6) is 0. The van der Waals surface area contributed by atoms with Crippen molar-refractivity contribution in [3.8, 4) is 66.8 Å². The Morgan fingerprint density at radius 2 is 0.729 bits per heavy atom. The molecule has 0 aliphatic heterocycles. The molecule has 10 aromatic rings. The molecule has 10 aromatic carbocycles. The van der Waals surface area contributed by atoms with Crippen molar-refractivity contribution in [3.05, 3.63) is 249 Å². The summed E-state index contributed by atoms with van der Waals surface area (Å²) < 4.78 is 76.4. The van der Waals surface area contributed by atoms with Gasteiger partial charge in [-0.2, -0.15) is 0 Å². The fraction of sp³-hybridized carbons (Fsp3) is 0. The highest BCUT2D eigenvalue weighted by Gasteiger charge is 2.17. The van der Waals surface area contributed by atoms with E-state index in [9.17, 15) is 11.0 Å². The van der Waals surface area contributed by atoms with Crippen LogP contribution in [0.15, 0.2) is 249 Å². The van der Waals surface area contributed by atoms with Crippen molar-refractivity contribution in [2.45, 2.75) is 0 Å². The molecule has 0 unspecified atom stereocenters. The normalized spacial score (nSPS) is 12.9. The van der Waals surface area contributed by atoms with Gasteiger partial charge in [-0.05, 0) is 120 Å². The van der Waals surface area contributed by atoms with E-state index in [0.717, 1.165) is 55.3 Å². The number of anilines is 3. The van der Waals surface area contributed by atoms with Gasteiger partial charge in [-0.25, -0.2) is 0 Å². The summed E-state index contributed by atoms with van der Waals surface area (Å²) in [4.78, 5) is 1.36. The van der Waals surface area contributed by atoms with Crippen LogP contribution >= 0.6 is 0 Å². The number of hydrogen-bond acceptors (Lipinski definition) is 1. The van der Waals surface area contributed by atoms with Crippen molar-refractivity contribution < 1.29 is 11.0 Å². The summed E-state index contributed by atoms with van der Waals surface area (Å²) >= 11 is 0. The van der Waals surface area contributed by atoms with Crippen LogP contribution in [0.4, 0.5) is 17.1 Å². The van der Waals surface area contributed by atoms with Crippen molar-refractivity contribution in [2.24, 2.45) is 0 Å². The van der Waals surface area contributed by atoms with Crippen LogP contribution in [0.5, 0.6) is 0 Å². The van der Waals surface area contributed by atoms with Gasteiger partial charge in [-0.3, -0.25) is 0 Å². The molecule has 0 N–H and O–H groups in total. The highest BCUT2D eigenvalue weighted by Crippen LogP contribution is 2.42. The van der Waals surface area contributed by atoms with Gasteiger partial charge in [0.1, 0.15) is 0 Å². The Morgan fingerprint density at radius 3 is 1.34 bits per heavy atom. The number of fused-ring (bicyclic) bond motifs is 1. The van der Waals surface area contributed by atoms with E-state index in [2.05, 4.69) is 42.5 Å². The molecule has 1 heteroatoms. The molecule has 0 aliphatic carbocycles. The molecule has 0 heterocycles. The molecule has 59 heavy (non-hydrogen) atoms. The van der Waals surface area contributed by atoms with Gasteiger partial charge in [-0.15, -0.1) is 0 Å². The van der Waals surface area contributed by atoms with Gasteiger partial charge in [0, 0.05) is 17.1 Å². The maximum atomic E-state index is 9.74. The highest BCUT2D eigenvalue weighted by molar-refractivity contribution is 6.04. The lowest BCUT2D eigenvalue weighted by molar-refractivity contribution is 1.28. The van der Waals surface area contributed by atoms with Crippen molar-refractivity contribution >= 4 is 27.8 Å². The molecule has 0 aromatic heterocycles. The van der Waals surface area contributed by atoms with Crippen LogP contribution in [0.1, 0.15) is 11.0 Å². The van der Waals surface area contributed by atoms with Crippen LogP contribution < -0.4 is 4.90 Å². The molecule has 0 aliphatic rings. The Bertz CT molecular complexity index is 3410. The van der Waals surface area contributed by atoms with E-state index in [4.69, 9.17) is 0 Å². The van der Waals surface area contributed by atoms with Gasteiger partial charge in [0.15, 0.2) is 0 Å². The van der Waals surface area contributed by atoms with E-state index >= 15 is 0 Å². The van der Waals surface area contributed by atoms with Gasteiger partial charge >= 0.3 is 0 Å². The van der Waals surface area contributed by atoms with Gasteiger partial charge in [0.25, 0.3) is 0 Å².